The lowest BCUT2D eigenvalue weighted by atomic mass is 9.99. The van der Waals surface area contributed by atoms with Crippen LogP contribution in [0.25, 0.3) is 0 Å². The number of carbonyl (C=O) groups excluding carboxylic acids is 1. The summed E-state index contributed by atoms with van der Waals surface area (Å²) in [4.78, 5) is 11.8. The van der Waals surface area contributed by atoms with Gasteiger partial charge in [0.05, 0.1) is 5.60 Å². The first-order chi connectivity index (χ1) is 9.45. The van der Waals surface area contributed by atoms with E-state index in [1.165, 1.54) is 0 Å². The van der Waals surface area contributed by atoms with E-state index < -0.39 is 0 Å². The van der Waals surface area contributed by atoms with E-state index in [1.54, 1.807) is 0 Å². The first kappa shape index (κ1) is 20.4. The molecule has 2 N–H and O–H groups in total. The SMILES string of the molecule is CC(C)NCCC(C)(C)OCCC(C)(C)NC(=O)C(C)C. The van der Waals surface area contributed by atoms with Crippen molar-refractivity contribution in [3.8, 4) is 0 Å². The molecule has 21 heavy (non-hydrogen) atoms. The topological polar surface area (TPSA) is 50.4 Å². The van der Waals surface area contributed by atoms with Crippen molar-refractivity contribution < 1.29 is 9.53 Å². The molecule has 4 nitrogen and oxygen atoms in total. The number of carbonyl (C=O) groups is 1. The molecule has 0 bridgehead atoms. The summed E-state index contributed by atoms with van der Waals surface area (Å²) in [6, 6.07) is 0.506. The number of amides is 1. The highest BCUT2D eigenvalue weighted by atomic mass is 16.5. The second-order valence-corrected chi connectivity index (χ2v) is 7.74. The monoisotopic (exact) mass is 300 g/mol. The van der Waals surface area contributed by atoms with Crippen LogP contribution in [0.1, 0.15) is 68.2 Å². The van der Waals surface area contributed by atoms with Crippen molar-refractivity contribution >= 4 is 5.91 Å². The van der Waals surface area contributed by atoms with Crippen molar-refractivity contribution in [1.29, 1.82) is 0 Å². The van der Waals surface area contributed by atoms with Crippen molar-refractivity contribution in [2.75, 3.05) is 13.2 Å². The lowest BCUT2D eigenvalue weighted by Gasteiger charge is -2.31. The van der Waals surface area contributed by atoms with Gasteiger partial charge in [-0.2, -0.15) is 0 Å². The molecule has 4 heteroatoms. The van der Waals surface area contributed by atoms with Gasteiger partial charge in [0.25, 0.3) is 0 Å². The van der Waals surface area contributed by atoms with Gasteiger partial charge in [-0.15, -0.1) is 0 Å². The molecule has 0 aromatic carbocycles. The third-order valence-corrected chi connectivity index (χ3v) is 3.49. The Morgan fingerprint density at radius 3 is 2.10 bits per heavy atom. The molecule has 0 aromatic heterocycles. The normalized spacial score (nSPS) is 13.0. The quantitative estimate of drug-likeness (QED) is 0.652. The van der Waals surface area contributed by atoms with Crippen LogP contribution in [0.3, 0.4) is 0 Å². The molecule has 0 saturated heterocycles. The van der Waals surface area contributed by atoms with Crippen LogP contribution in [-0.2, 0) is 9.53 Å². The zero-order valence-electron chi connectivity index (χ0n) is 15.3. The fourth-order valence-electron chi connectivity index (χ4n) is 1.86. The Morgan fingerprint density at radius 2 is 1.62 bits per heavy atom. The summed E-state index contributed by atoms with van der Waals surface area (Å²) in [5.74, 6) is 0.115. The van der Waals surface area contributed by atoms with Gasteiger partial charge in [-0.3, -0.25) is 4.79 Å². The zero-order valence-corrected chi connectivity index (χ0v) is 15.3. The molecule has 126 valence electrons. The van der Waals surface area contributed by atoms with Gasteiger partial charge in [-0.1, -0.05) is 27.7 Å². The minimum absolute atomic E-state index is 0.0174. The van der Waals surface area contributed by atoms with Crippen molar-refractivity contribution in [3.63, 3.8) is 0 Å². The van der Waals surface area contributed by atoms with Crippen LogP contribution in [0.2, 0.25) is 0 Å². The molecule has 0 aliphatic carbocycles. The highest BCUT2D eigenvalue weighted by Gasteiger charge is 2.24. The Morgan fingerprint density at radius 1 is 1.05 bits per heavy atom. The first-order valence-corrected chi connectivity index (χ1v) is 8.14. The Labute approximate surface area is 131 Å². The molecule has 0 radical (unpaired) electrons. The van der Waals surface area contributed by atoms with E-state index in [0.29, 0.717) is 12.6 Å². The van der Waals surface area contributed by atoms with Crippen molar-refractivity contribution in [2.24, 2.45) is 5.92 Å². The minimum Gasteiger partial charge on any atom is -0.375 e. The summed E-state index contributed by atoms with van der Waals surface area (Å²) in [7, 11) is 0. The molecule has 0 aromatic rings. The third kappa shape index (κ3) is 10.7. The second kappa shape index (κ2) is 8.74. The van der Waals surface area contributed by atoms with E-state index in [1.807, 2.05) is 27.7 Å². The van der Waals surface area contributed by atoms with Crippen LogP contribution in [0.5, 0.6) is 0 Å². The van der Waals surface area contributed by atoms with E-state index in [0.717, 1.165) is 19.4 Å². The molecule has 0 aliphatic rings. The summed E-state index contributed by atoms with van der Waals surface area (Å²) >= 11 is 0. The van der Waals surface area contributed by atoms with Gasteiger partial charge < -0.3 is 15.4 Å². The summed E-state index contributed by atoms with van der Waals surface area (Å²) < 4.78 is 6.00. The second-order valence-electron chi connectivity index (χ2n) is 7.74. The molecule has 0 spiro atoms. The lowest BCUT2D eigenvalue weighted by Crippen LogP contribution is -2.46. The maximum absolute atomic E-state index is 11.8. The fraction of sp³-hybridized carbons (Fsp3) is 0.941. The number of nitrogens with one attached hydrogen (secondary N) is 2. The van der Waals surface area contributed by atoms with Gasteiger partial charge in [0.1, 0.15) is 0 Å². The summed E-state index contributed by atoms with van der Waals surface area (Å²) in [5.41, 5.74) is -0.367. The highest BCUT2D eigenvalue weighted by molar-refractivity contribution is 5.78. The number of hydrogen-bond donors (Lipinski definition) is 2. The van der Waals surface area contributed by atoms with Gasteiger partial charge in [-0.25, -0.2) is 0 Å². The third-order valence-electron chi connectivity index (χ3n) is 3.49. The van der Waals surface area contributed by atoms with E-state index in [9.17, 15) is 4.79 Å². The standard InChI is InChI=1S/C17H36N2O2/c1-13(2)15(20)19-16(5,6)10-12-21-17(7,8)9-11-18-14(3)4/h13-14,18H,9-12H2,1-8H3,(H,19,20). The van der Waals surface area contributed by atoms with Crippen molar-refractivity contribution in [2.45, 2.75) is 85.4 Å². The molecule has 0 heterocycles. The van der Waals surface area contributed by atoms with Crippen LogP contribution in [0, 0.1) is 5.92 Å². The summed E-state index contributed by atoms with van der Waals surface area (Å²) in [5, 5.41) is 6.48. The van der Waals surface area contributed by atoms with Gasteiger partial charge in [0.15, 0.2) is 0 Å². The number of ether oxygens (including phenoxy) is 1. The largest absolute Gasteiger partial charge is 0.375 e. The Hall–Kier alpha value is -0.610. The van der Waals surface area contributed by atoms with Crippen LogP contribution >= 0.6 is 0 Å². The number of hydrogen-bond acceptors (Lipinski definition) is 3. The fourth-order valence-corrected chi connectivity index (χ4v) is 1.86. The van der Waals surface area contributed by atoms with Gasteiger partial charge >= 0.3 is 0 Å². The van der Waals surface area contributed by atoms with E-state index in [-0.39, 0.29) is 23.0 Å². The van der Waals surface area contributed by atoms with E-state index in [4.69, 9.17) is 4.74 Å². The lowest BCUT2D eigenvalue weighted by molar-refractivity contribution is -0.126. The molecule has 0 aliphatic heterocycles. The Balaban J connectivity index is 4.07. The molecule has 0 saturated carbocycles. The van der Waals surface area contributed by atoms with Crippen molar-refractivity contribution in [1.82, 2.24) is 10.6 Å². The molecular formula is C17H36N2O2. The number of rotatable bonds is 10. The Kier molecular flexibility index (Phi) is 8.49. The smallest absolute Gasteiger partial charge is 0.222 e. The average molecular weight is 300 g/mol. The maximum Gasteiger partial charge on any atom is 0.222 e. The molecule has 0 atom stereocenters. The first-order valence-electron chi connectivity index (χ1n) is 8.14. The van der Waals surface area contributed by atoms with Crippen LogP contribution in [-0.4, -0.2) is 36.2 Å². The Bertz CT molecular complexity index is 310. The van der Waals surface area contributed by atoms with Crippen molar-refractivity contribution in [3.05, 3.63) is 0 Å². The molecule has 1 amide bonds. The average Bonchev–Trinajstić information content (AvgIpc) is 2.26. The molecule has 0 rings (SSSR count). The molecular weight excluding hydrogens is 264 g/mol. The van der Waals surface area contributed by atoms with E-state index >= 15 is 0 Å². The van der Waals surface area contributed by atoms with E-state index in [2.05, 4.69) is 38.3 Å². The van der Waals surface area contributed by atoms with Crippen LogP contribution in [0.15, 0.2) is 0 Å². The summed E-state index contributed by atoms with van der Waals surface area (Å²) in [6.45, 7) is 18.1. The maximum atomic E-state index is 11.8. The van der Waals surface area contributed by atoms with Gasteiger partial charge in [0, 0.05) is 24.1 Å². The molecule has 0 fully saturated rings. The summed E-state index contributed by atoms with van der Waals surface area (Å²) in [6.07, 6.45) is 1.79. The van der Waals surface area contributed by atoms with Crippen LogP contribution in [0.4, 0.5) is 0 Å². The minimum atomic E-state index is -0.229. The predicted molar refractivity (Wildman–Crippen MR) is 89.5 cm³/mol. The van der Waals surface area contributed by atoms with Crippen LogP contribution < -0.4 is 10.6 Å². The van der Waals surface area contributed by atoms with Gasteiger partial charge in [-0.05, 0) is 47.1 Å². The predicted octanol–water partition coefficient (Wildman–Crippen LogP) is 3.11. The molecule has 0 unspecified atom stereocenters. The van der Waals surface area contributed by atoms with Gasteiger partial charge in [0.2, 0.25) is 5.91 Å². The zero-order chi connectivity index (χ0) is 16.7. The highest BCUT2D eigenvalue weighted by Crippen LogP contribution is 2.17.